The Morgan fingerprint density at radius 1 is 1.06 bits per heavy atom. The van der Waals surface area contributed by atoms with Crippen LogP contribution < -0.4 is 9.80 Å². The summed E-state index contributed by atoms with van der Waals surface area (Å²) in [6.45, 7) is 7.69. The molecule has 7 nitrogen and oxygen atoms in total. The number of nitrogens with zero attached hydrogens (tertiary/aromatic N) is 3. The second-order valence-electron chi connectivity index (χ2n) is 8.81. The quantitative estimate of drug-likeness (QED) is 0.410. The number of benzene rings is 2. The first-order valence-corrected chi connectivity index (χ1v) is 14.1. The van der Waals surface area contributed by atoms with Gasteiger partial charge in [-0.05, 0) is 82.0 Å². The van der Waals surface area contributed by atoms with Gasteiger partial charge in [0.05, 0.1) is 16.3 Å². The van der Waals surface area contributed by atoms with Gasteiger partial charge in [0.2, 0.25) is 5.91 Å². The second-order valence-corrected chi connectivity index (χ2v) is 12.0. The molecule has 1 fully saturated rings. The summed E-state index contributed by atoms with van der Waals surface area (Å²) in [4.78, 5) is 34.9. The minimum absolute atomic E-state index is 0.166. The normalized spacial score (nSPS) is 13.5. The molecule has 2 aromatic carbocycles. The Kier molecular flexibility index (Phi) is 7.10. The molecular weight excluding hydrogens is 482 g/mol. The average Bonchev–Trinajstić information content (AvgIpc) is 3.56. The highest BCUT2D eigenvalue weighted by molar-refractivity contribution is 7.91. The molecule has 0 unspecified atom stereocenters. The molecule has 0 spiro atoms. The van der Waals surface area contributed by atoms with Gasteiger partial charge in [0.1, 0.15) is 0 Å². The molecule has 35 heavy (non-hydrogen) atoms. The summed E-state index contributed by atoms with van der Waals surface area (Å²) in [6, 6.07) is 13.2. The van der Waals surface area contributed by atoms with Gasteiger partial charge in [0.15, 0.2) is 15.0 Å². The summed E-state index contributed by atoms with van der Waals surface area (Å²) in [5.41, 5.74) is 2.39. The third kappa shape index (κ3) is 5.46. The fourth-order valence-electron chi connectivity index (χ4n) is 3.88. The number of sulfone groups is 1. The lowest BCUT2D eigenvalue weighted by molar-refractivity contribution is -0.115. The molecular formula is C26H29N3O4S2. The Balaban J connectivity index is 1.62. The summed E-state index contributed by atoms with van der Waals surface area (Å²) >= 11 is 1.47. The summed E-state index contributed by atoms with van der Waals surface area (Å²) in [5.74, 6) is -0.0256. The Hall–Kier alpha value is -3.04. The molecule has 0 bridgehead atoms. The van der Waals surface area contributed by atoms with E-state index < -0.39 is 9.84 Å². The lowest BCUT2D eigenvalue weighted by Crippen LogP contribution is -2.31. The fourth-order valence-corrected chi connectivity index (χ4v) is 6.55. The zero-order valence-electron chi connectivity index (χ0n) is 20.3. The first-order valence-electron chi connectivity index (χ1n) is 11.6. The van der Waals surface area contributed by atoms with Crippen LogP contribution in [0.1, 0.15) is 47.6 Å². The summed E-state index contributed by atoms with van der Waals surface area (Å²) < 4.78 is 25.2. The topological polar surface area (TPSA) is 87.7 Å². The van der Waals surface area contributed by atoms with Gasteiger partial charge in [0, 0.05) is 35.3 Å². The number of anilines is 3. The Morgan fingerprint density at radius 3 is 2.29 bits per heavy atom. The highest BCUT2D eigenvalue weighted by Gasteiger charge is 2.29. The van der Waals surface area contributed by atoms with Crippen LogP contribution in [0.15, 0.2) is 53.4 Å². The van der Waals surface area contributed by atoms with Crippen molar-refractivity contribution in [3.63, 3.8) is 0 Å². The average molecular weight is 512 g/mol. The van der Waals surface area contributed by atoms with Crippen LogP contribution in [0.3, 0.4) is 0 Å². The number of aromatic nitrogens is 1. The minimum Gasteiger partial charge on any atom is -0.284 e. The molecule has 1 aliphatic rings. The van der Waals surface area contributed by atoms with Crippen LogP contribution in [0.25, 0.3) is 0 Å². The molecule has 1 heterocycles. The Morgan fingerprint density at radius 2 is 1.74 bits per heavy atom. The van der Waals surface area contributed by atoms with E-state index in [9.17, 15) is 18.0 Å². The van der Waals surface area contributed by atoms with E-state index in [0.29, 0.717) is 28.6 Å². The fraction of sp³-hybridized carbons (Fsp3) is 0.346. The van der Waals surface area contributed by atoms with E-state index in [2.05, 4.69) is 4.98 Å². The third-order valence-electron chi connectivity index (χ3n) is 6.08. The van der Waals surface area contributed by atoms with Gasteiger partial charge in [-0.25, -0.2) is 13.4 Å². The van der Waals surface area contributed by atoms with Gasteiger partial charge < -0.3 is 0 Å². The minimum atomic E-state index is -3.34. The number of hydrogen-bond acceptors (Lipinski definition) is 6. The molecule has 1 aromatic heterocycles. The van der Waals surface area contributed by atoms with Crippen molar-refractivity contribution >= 4 is 49.5 Å². The van der Waals surface area contributed by atoms with Crippen LogP contribution >= 0.6 is 11.3 Å². The molecule has 0 saturated heterocycles. The van der Waals surface area contributed by atoms with Crippen molar-refractivity contribution in [3.8, 4) is 0 Å². The molecule has 0 radical (unpaired) electrons. The zero-order valence-corrected chi connectivity index (χ0v) is 21.9. The van der Waals surface area contributed by atoms with Crippen molar-refractivity contribution in [2.45, 2.75) is 45.4 Å². The first-order chi connectivity index (χ1) is 16.6. The van der Waals surface area contributed by atoms with Crippen LogP contribution in [-0.2, 0) is 14.6 Å². The predicted octanol–water partition coefficient (Wildman–Crippen LogP) is 5.29. The Labute approximate surface area is 210 Å². The van der Waals surface area contributed by atoms with Crippen molar-refractivity contribution < 1.29 is 18.0 Å². The van der Waals surface area contributed by atoms with E-state index in [1.807, 2.05) is 20.8 Å². The molecule has 1 saturated carbocycles. The van der Waals surface area contributed by atoms with Crippen LogP contribution in [0, 0.1) is 19.8 Å². The first kappa shape index (κ1) is 25.1. The molecule has 0 N–H and O–H groups in total. The largest absolute Gasteiger partial charge is 0.284 e. The van der Waals surface area contributed by atoms with Crippen LogP contribution in [0.2, 0.25) is 0 Å². The number of carbonyl (C=O) groups excluding carboxylic acids is 2. The number of amides is 2. The van der Waals surface area contributed by atoms with Gasteiger partial charge in [-0.3, -0.25) is 19.4 Å². The standard InChI is InChI=1S/C26H29N3O4S2/c1-5-28(26-27-17(2)18(3)34-26)25(31)21-7-6-8-23(15-21)29(19(4)30)22-11-13-24(14-12-22)35(32,33)16-20-9-10-20/h6-8,11-15,20H,5,9-10,16H2,1-4H3. The molecule has 4 rings (SSSR count). The SMILES string of the molecule is CCN(C(=O)c1cccc(N(C(C)=O)c2ccc(S(=O)(=O)CC3CC3)cc2)c1)c1nc(C)c(C)s1. The monoisotopic (exact) mass is 511 g/mol. The van der Waals surface area contributed by atoms with Crippen molar-refractivity contribution in [3.05, 3.63) is 64.7 Å². The van der Waals surface area contributed by atoms with Crippen molar-refractivity contribution in [1.29, 1.82) is 0 Å². The number of thiazole rings is 1. The predicted molar refractivity (Wildman–Crippen MR) is 139 cm³/mol. The van der Waals surface area contributed by atoms with Crippen LogP contribution in [0.4, 0.5) is 16.5 Å². The summed E-state index contributed by atoms with van der Waals surface area (Å²) in [7, 11) is -3.34. The molecule has 3 aromatic rings. The van der Waals surface area contributed by atoms with E-state index in [1.165, 1.54) is 23.2 Å². The van der Waals surface area contributed by atoms with E-state index in [0.717, 1.165) is 23.4 Å². The number of rotatable bonds is 8. The van der Waals surface area contributed by atoms with Gasteiger partial charge in [0.25, 0.3) is 5.91 Å². The number of hydrogen-bond donors (Lipinski definition) is 0. The molecule has 1 aliphatic carbocycles. The van der Waals surface area contributed by atoms with Gasteiger partial charge in [-0.2, -0.15) is 0 Å². The second kappa shape index (κ2) is 9.91. The zero-order chi connectivity index (χ0) is 25.3. The maximum absolute atomic E-state index is 13.3. The van der Waals surface area contributed by atoms with Crippen molar-refractivity contribution in [2.24, 2.45) is 5.92 Å². The van der Waals surface area contributed by atoms with Crippen LogP contribution in [-0.4, -0.2) is 37.5 Å². The summed E-state index contributed by atoms with van der Waals surface area (Å²) in [5, 5.41) is 0.643. The van der Waals surface area contributed by atoms with E-state index in [-0.39, 0.29) is 28.4 Å². The summed E-state index contributed by atoms with van der Waals surface area (Å²) in [6.07, 6.45) is 1.92. The molecule has 184 valence electrons. The lowest BCUT2D eigenvalue weighted by atomic mass is 10.1. The maximum atomic E-state index is 13.3. The van der Waals surface area contributed by atoms with E-state index >= 15 is 0 Å². The van der Waals surface area contributed by atoms with Crippen molar-refractivity contribution in [2.75, 3.05) is 22.1 Å². The highest BCUT2D eigenvalue weighted by atomic mass is 32.2. The van der Waals surface area contributed by atoms with Gasteiger partial charge >= 0.3 is 0 Å². The smallest absolute Gasteiger partial charge is 0.260 e. The molecule has 2 amide bonds. The maximum Gasteiger partial charge on any atom is 0.260 e. The molecule has 9 heteroatoms. The highest BCUT2D eigenvalue weighted by Crippen LogP contribution is 2.34. The molecule has 0 atom stereocenters. The molecule has 0 aliphatic heterocycles. The van der Waals surface area contributed by atoms with Gasteiger partial charge in [-0.15, -0.1) is 11.3 Å². The van der Waals surface area contributed by atoms with E-state index in [4.69, 9.17) is 0 Å². The third-order valence-corrected chi connectivity index (χ3v) is 9.08. The van der Waals surface area contributed by atoms with Crippen LogP contribution in [0.5, 0.6) is 0 Å². The van der Waals surface area contributed by atoms with Gasteiger partial charge in [-0.1, -0.05) is 6.07 Å². The van der Waals surface area contributed by atoms with E-state index in [1.54, 1.807) is 53.4 Å². The van der Waals surface area contributed by atoms with Crippen molar-refractivity contribution in [1.82, 2.24) is 4.98 Å². The number of aryl methyl sites for hydroxylation is 2. The lowest BCUT2D eigenvalue weighted by Gasteiger charge is -2.23. The Bertz CT molecular complexity index is 1340. The number of carbonyl (C=O) groups is 2.